The molecule has 1 aromatic carbocycles. The Balaban J connectivity index is 2.82. The van der Waals surface area contributed by atoms with Gasteiger partial charge in [-0.1, -0.05) is 26.0 Å². The molecule has 0 radical (unpaired) electrons. The molecule has 0 bridgehead atoms. The Bertz CT molecular complexity index is 580. The summed E-state index contributed by atoms with van der Waals surface area (Å²) in [5.74, 6) is -0.368. The Labute approximate surface area is 118 Å². The number of esters is 1. The molecule has 112 valence electrons. The highest BCUT2D eigenvalue weighted by Crippen LogP contribution is 2.23. The molecule has 1 rings (SSSR count). The number of hydrogen-bond acceptors (Lipinski definition) is 5. The first-order valence-electron chi connectivity index (χ1n) is 5.95. The molecule has 6 nitrogen and oxygen atoms in total. The molecule has 2 N–H and O–H groups in total. The van der Waals surface area contributed by atoms with Crippen LogP contribution in [-0.4, -0.2) is 33.9 Å². The van der Waals surface area contributed by atoms with Gasteiger partial charge in [0.2, 0.25) is 10.0 Å². The van der Waals surface area contributed by atoms with Crippen molar-refractivity contribution < 1.29 is 22.7 Å². The third-order valence-electron chi connectivity index (χ3n) is 2.50. The number of ether oxygens (including phenoxy) is 2. The Kier molecular flexibility index (Phi) is 5.13. The monoisotopic (exact) mass is 301 g/mol. The zero-order valence-corrected chi connectivity index (χ0v) is 12.6. The predicted molar refractivity (Wildman–Crippen MR) is 75.0 cm³/mol. The average Bonchev–Trinajstić information content (AvgIpc) is 2.33. The van der Waals surface area contributed by atoms with Gasteiger partial charge in [0.05, 0.1) is 19.5 Å². The van der Waals surface area contributed by atoms with E-state index >= 15 is 0 Å². The lowest BCUT2D eigenvalue weighted by atomic mass is 9.98. The van der Waals surface area contributed by atoms with Crippen LogP contribution in [0.2, 0.25) is 0 Å². The van der Waals surface area contributed by atoms with Crippen molar-refractivity contribution in [1.29, 1.82) is 0 Å². The molecule has 0 fully saturated rings. The van der Waals surface area contributed by atoms with E-state index in [9.17, 15) is 13.2 Å². The Hall–Kier alpha value is -1.60. The second-order valence-electron chi connectivity index (χ2n) is 5.25. The minimum Gasteiger partial charge on any atom is -0.492 e. The van der Waals surface area contributed by atoms with Gasteiger partial charge in [-0.15, -0.1) is 0 Å². The van der Waals surface area contributed by atoms with E-state index < -0.39 is 21.4 Å². The molecule has 0 saturated carbocycles. The molecule has 0 saturated heterocycles. The quantitative estimate of drug-likeness (QED) is 0.796. The number of sulfonamides is 1. The van der Waals surface area contributed by atoms with Gasteiger partial charge in [-0.2, -0.15) is 0 Å². The summed E-state index contributed by atoms with van der Waals surface area (Å²) in [5, 5.41) is 5.03. The minimum atomic E-state index is -3.59. The molecule has 0 amide bonds. The second-order valence-corrected chi connectivity index (χ2v) is 6.86. The molecule has 1 aromatic rings. The van der Waals surface area contributed by atoms with E-state index in [0.717, 1.165) is 0 Å². The van der Waals surface area contributed by atoms with Crippen LogP contribution >= 0.6 is 0 Å². The van der Waals surface area contributed by atoms with Gasteiger partial charge in [-0.3, -0.25) is 0 Å². The molecule has 7 heteroatoms. The molecule has 0 unspecified atom stereocenters. The standard InChI is InChI=1S/C13H19NO5S/c1-13(2,9-20(14,16)17)8-19-11-7-5-4-6-10(11)12(15)18-3/h4-7H,8-9H2,1-3H3,(H2,14,16,17). The van der Waals surface area contributed by atoms with E-state index in [2.05, 4.69) is 4.74 Å². The second kappa shape index (κ2) is 6.23. The number of hydrogen-bond donors (Lipinski definition) is 1. The normalized spacial score (nSPS) is 12.0. The van der Waals surface area contributed by atoms with Gasteiger partial charge in [0.1, 0.15) is 11.3 Å². The largest absolute Gasteiger partial charge is 0.492 e. The molecule has 0 aliphatic carbocycles. The highest BCUT2D eigenvalue weighted by atomic mass is 32.2. The number of para-hydroxylation sites is 1. The van der Waals surface area contributed by atoms with E-state index in [1.807, 2.05) is 0 Å². The smallest absolute Gasteiger partial charge is 0.341 e. The molecule has 0 aromatic heterocycles. The first kappa shape index (κ1) is 16.5. The summed E-state index contributed by atoms with van der Waals surface area (Å²) in [4.78, 5) is 11.6. The fourth-order valence-corrected chi connectivity index (χ4v) is 2.90. The van der Waals surface area contributed by atoms with Crippen LogP contribution in [0.1, 0.15) is 24.2 Å². The summed E-state index contributed by atoms with van der Waals surface area (Å²) in [6.07, 6.45) is 0. The summed E-state index contributed by atoms with van der Waals surface area (Å²) in [7, 11) is -2.31. The van der Waals surface area contributed by atoms with Crippen LogP contribution in [0.4, 0.5) is 0 Å². The van der Waals surface area contributed by atoms with Crippen LogP contribution < -0.4 is 9.88 Å². The first-order chi connectivity index (χ1) is 9.14. The molecule has 0 atom stereocenters. The lowest BCUT2D eigenvalue weighted by Crippen LogP contribution is -2.33. The highest BCUT2D eigenvalue weighted by molar-refractivity contribution is 7.89. The topological polar surface area (TPSA) is 95.7 Å². The number of nitrogens with two attached hydrogens (primary N) is 1. The van der Waals surface area contributed by atoms with Crippen molar-refractivity contribution in [1.82, 2.24) is 0 Å². The summed E-state index contributed by atoms with van der Waals surface area (Å²) >= 11 is 0. The minimum absolute atomic E-state index is 0.109. The maximum atomic E-state index is 11.6. The van der Waals surface area contributed by atoms with E-state index in [0.29, 0.717) is 11.3 Å². The number of primary sulfonamides is 1. The van der Waals surface area contributed by atoms with Gasteiger partial charge in [-0.05, 0) is 12.1 Å². The van der Waals surface area contributed by atoms with Crippen molar-refractivity contribution in [2.24, 2.45) is 10.6 Å². The zero-order chi connectivity index (χ0) is 15.4. The third-order valence-corrected chi connectivity index (χ3v) is 3.69. The van der Waals surface area contributed by atoms with Gasteiger partial charge >= 0.3 is 5.97 Å². The summed E-state index contributed by atoms with van der Waals surface area (Å²) in [5.41, 5.74) is -0.377. The predicted octanol–water partition coefficient (Wildman–Crippen LogP) is 1.17. The molecular formula is C13H19NO5S. The number of carbonyl (C=O) groups is 1. The highest BCUT2D eigenvalue weighted by Gasteiger charge is 2.25. The van der Waals surface area contributed by atoms with Gasteiger partial charge < -0.3 is 9.47 Å². The lowest BCUT2D eigenvalue weighted by molar-refractivity contribution is 0.0593. The fraction of sp³-hybridized carbons (Fsp3) is 0.462. The van der Waals surface area contributed by atoms with E-state index in [1.165, 1.54) is 7.11 Å². The van der Waals surface area contributed by atoms with Crippen LogP contribution in [0.25, 0.3) is 0 Å². The van der Waals surface area contributed by atoms with Crippen LogP contribution in [0.5, 0.6) is 5.75 Å². The van der Waals surface area contributed by atoms with Crippen molar-refractivity contribution in [3.05, 3.63) is 29.8 Å². The number of rotatable bonds is 6. The van der Waals surface area contributed by atoms with E-state index in [-0.39, 0.29) is 12.4 Å². The van der Waals surface area contributed by atoms with E-state index in [4.69, 9.17) is 9.88 Å². The van der Waals surface area contributed by atoms with Gasteiger partial charge in [-0.25, -0.2) is 18.4 Å². The van der Waals surface area contributed by atoms with Crippen molar-refractivity contribution in [2.75, 3.05) is 19.5 Å². The summed E-state index contributed by atoms with van der Waals surface area (Å²) in [6, 6.07) is 6.61. The van der Waals surface area contributed by atoms with Crippen LogP contribution in [0.3, 0.4) is 0 Å². The lowest BCUT2D eigenvalue weighted by Gasteiger charge is -2.24. The van der Waals surface area contributed by atoms with Gasteiger partial charge in [0.25, 0.3) is 0 Å². The van der Waals surface area contributed by atoms with Gasteiger partial charge in [0, 0.05) is 5.41 Å². The fourth-order valence-electron chi connectivity index (χ4n) is 1.73. The van der Waals surface area contributed by atoms with Crippen LogP contribution in [-0.2, 0) is 14.8 Å². The van der Waals surface area contributed by atoms with E-state index in [1.54, 1.807) is 38.1 Å². The molecule has 0 aliphatic heterocycles. The SMILES string of the molecule is COC(=O)c1ccccc1OCC(C)(C)CS(N)(=O)=O. The Morgan fingerprint density at radius 1 is 1.30 bits per heavy atom. The zero-order valence-electron chi connectivity index (χ0n) is 11.8. The first-order valence-corrected chi connectivity index (χ1v) is 7.67. The Morgan fingerprint density at radius 3 is 2.45 bits per heavy atom. The maximum Gasteiger partial charge on any atom is 0.341 e. The van der Waals surface area contributed by atoms with Crippen LogP contribution in [0.15, 0.2) is 24.3 Å². The van der Waals surface area contributed by atoms with Crippen molar-refractivity contribution in [3.63, 3.8) is 0 Å². The molecule has 0 spiro atoms. The molecule has 20 heavy (non-hydrogen) atoms. The number of methoxy groups -OCH3 is 1. The summed E-state index contributed by atoms with van der Waals surface area (Å²) < 4.78 is 32.5. The molecular weight excluding hydrogens is 282 g/mol. The average molecular weight is 301 g/mol. The van der Waals surface area contributed by atoms with Crippen LogP contribution in [0, 0.1) is 5.41 Å². The number of carbonyl (C=O) groups excluding carboxylic acids is 1. The van der Waals surface area contributed by atoms with Crippen molar-refractivity contribution >= 4 is 16.0 Å². The Morgan fingerprint density at radius 2 is 1.90 bits per heavy atom. The summed E-state index contributed by atoms with van der Waals surface area (Å²) in [6.45, 7) is 3.55. The molecule has 0 heterocycles. The molecule has 0 aliphatic rings. The maximum absolute atomic E-state index is 11.6. The van der Waals surface area contributed by atoms with Crippen molar-refractivity contribution in [3.8, 4) is 5.75 Å². The van der Waals surface area contributed by atoms with Gasteiger partial charge in [0.15, 0.2) is 0 Å². The third kappa shape index (κ3) is 5.18. The van der Waals surface area contributed by atoms with Crippen molar-refractivity contribution in [2.45, 2.75) is 13.8 Å². The number of benzene rings is 1.